The fraction of sp³-hybridized carbons (Fsp3) is 0. The maximum absolute atomic E-state index is 6.89. The Bertz CT molecular complexity index is 3180. The van der Waals surface area contributed by atoms with E-state index in [0.717, 1.165) is 66.8 Å². The van der Waals surface area contributed by atoms with Crippen LogP contribution in [0.4, 0.5) is 0 Å². The predicted octanol–water partition coefficient (Wildman–Crippen LogP) is 10.8. The lowest BCUT2D eigenvalue weighted by molar-refractivity contribution is -0.858. The second-order valence-electron chi connectivity index (χ2n) is 14.2. The molecule has 0 spiro atoms. The van der Waals surface area contributed by atoms with Gasteiger partial charge in [0.25, 0.3) is 0 Å². The standard InChI is InChI=1S/C51H35N4O/c1-4-15-36(16-5-1)42-24-13-27-47-50(42)45-23-10-11-26-46(45)55(47)48-28-14-25-44-43-30-29-38(32-49(43)56-51(44)48)37-17-12-22-41(31-37)54-34-52(39-18-6-2-7-19-39)33-53(35-54)40-20-8-3-9-21-40/h1-35H/q+3. The van der Waals surface area contributed by atoms with Crippen LogP contribution in [-0.2, 0) is 0 Å². The zero-order chi connectivity index (χ0) is 37.0. The molecule has 262 valence electrons. The minimum Gasteiger partial charge on any atom is -0.454 e. The van der Waals surface area contributed by atoms with E-state index in [9.17, 15) is 0 Å². The summed E-state index contributed by atoms with van der Waals surface area (Å²) >= 11 is 0. The highest BCUT2D eigenvalue weighted by Crippen LogP contribution is 2.41. The molecule has 0 aliphatic carbocycles. The van der Waals surface area contributed by atoms with Crippen molar-refractivity contribution in [2.45, 2.75) is 0 Å². The van der Waals surface area contributed by atoms with Gasteiger partial charge in [-0.1, -0.05) is 141 Å². The molecule has 0 amide bonds. The molecule has 56 heavy (non-hydrogen) atoms. The molecule has 0 saturated heterocycles. The van der Waals surface area contributed by atoms with E-state index in [0.29, 0.717) is 0 Å². The number of furan rings is 1. The zero-order valence-electron chi connectivity index (χ0n) is 30.4. The SMILES string of the molecule is c1ccc(-c2cccc3c2c2ccccc2n3-c2cccc3c2oc2cc(-c4cccc(-[n+]5c[n+](-c6ccccc6)c[n+](-c6ccccc6)c5)c4)ccc23)cc1. The molecule has 11 rings (SSSR count). The molecule has 3 heterocycles. The van der Waals surface area contributed by atoms with Gasteiger partial charge < -0.3 is 8.98 Å². The van der Waals surface area contributed by atoms with Crippen LogP contribution in [0, 0.1) is 0 Å². The van der Waals surface area contributed by atoms with Crippen LogP contribution >= 0.6 is 0 Å². The van der Waals surface area contributed by atoms with Crippen molar-refractivity contribution in [3.63, 3.8) is 0 Å². The number of hydrogen-bond donors (Lipinski definition) is 0. The van der Waals surface area contributed by atoms with Gasteiger partial charge in [-0.15, -0.1) is 0 Å². The molecule has 0 bridgehead atoms. The van der Waals surface area contributed by atoms with Crippen LogP contribution in [0.3, 0.4) is 0 Å². The Morgan fingerprint density at radius 2 is 0.929 bits per heavy atom. The minimum absolute atomic E-state index is 0.859. The Labute approximate surface area is 323 Å². The summed E-state index contributed by atoms with van der Waals surface area (Å²) in [6.45, 7) is 0. The van der Waals surface area contributed by atoms with Gasteiger partial charge in [-0.25, -0.2) is 0 Å². The number of aromatic nitrogens is 4. The van der Waals surface area contributed by atoms with Gasteiger partial charge in [0.05, 0.1) is 16.7 Å². The van der Waals surface area contributed by atoms with Crippen LogP contribution < -0.4 is 13.7 Å². The maximum atomic E-state index is 6.89. The first-order chi connectivity index (χ1) is 27.8. The highest BCUT2D eigenvalue weighted by Gasteiger charge is 2.25. The lowest BCUT2D eigenvalue weighted by atomic mass is 9.99. The number of nitrogens with zero attached hydrogens (tertiary/aromatic N) is 4. The third-order valence-corrected chi connectivity index (χ3v) is 10.8. The molecule has 0 fully saturated rings. The van der Waals surface area contributed by atoms with E-state index in [4.69, 9.17) is 4.42 Å². The first-order valence-electron chi connectivity index (χ1n) is 18.9. The summed E-state index contributed by atoms with van der Waals surface area (Å²) in [6.07, 6.45) is 6.35. The Hall–Kier alpha value is -7.63. The number of rotatable bonds is 6. The Kier molecular flexibility index (Phi) is 7.42. The van der Waals surface area contributed by atoms with Crippen molar-refractivity contribution in [1.29, 1.82) is 0 Å². The monoisotopic (exact) mass is 719 g/mol. The van der Waals surface area contributed by atoms with Crippen LogP contribution in [0.5, 0.6) is 0 Å². The van der Waals surface area contributed by atoms with Crippen molar-refractivity contribution < 1.29 is 18.1 Å². The first kappa shape index (κ1) is 31.9. The summed E-state index contributed by atoms with van der Waals surface area (Å²) in [5.41, 5.74) is 12.9. The van der Waals surface area contributed by atoms with E-state index in [1.54, 1.807) is 0 Å². The molecule has 3 aromatic heterocycles. The summed E-state index contributed by atoms with van der Waals surface area (Å²) in [5, 5.41) is 4.65. The highest BCUT2D eigenvalue weighted by molar-refractivity contribution is 6.17. The van der Waals surface area contributed by atoms with Crippen LogP contribution in [0.25, 0.3) is 88.7 Å². The Morgan fingerprint density at radius 3 is 1.68 bits per heavy atom. The Morgan fingerprint density at radius 1 is 0.375 bits per heavy atom. The minimum atomic E-state index is 0.859. The van der Waals surface area contributed by atoms with Gasteiger partial charge in [-0.2, -0.15) is 0 Å². The molecule has 0 aliphatic rings. The molecular formula is C51H35N4O+3. The largest absolute Gasteiger partial charge is 0.454 e. The van der Waals surface area contributed by atoms with Gasteiger partial charge in [-0.05, 0) is 52.6 Å². The van der Waals surface area contributed by atoms with Gasteiger partial charge in [0, 0.05) is 57.9 Å². The van der Waals surface area contributed by atoms with Crippen LogP contribution in [0.15, 0.2) is 218 Å². The molecule has 5 nitrogen and oxygen atoms in total. The second-order valence-corrected chi connectivity index (χ2v) is 14.2. The molecule has 0 unspecified atom stereocenters. The molecule has 5 heteroatoms. The molecule has 0 atom stereocenters. The average Bonchev–Trinajstić information content (AvgIpc) is 3.83. The summed E-state index contributed by atoms with van der Waals surface area (Å²) in [4.78, 5) is 0. The fourth-order valence-corrected chi connectivity index (χ4v) is 8.21. The molecule has 0 radical (unpaired) electrons. The summed E-state index contributed by atoms with van der Waals surface area (Å²) in [7, 11) is 0. The van der Waals surface area contributed by atoms with Gasteiger partial charge in [0.1, 0.15) is 5.58 Å². The van der Waals surface area contributed by atoms with Gasteiger partial charge in [-0.3, -0.25) is 0 Å². The molecule has 0 N–H and O–H groups in total. The van der Waals surface area contributed by atoms with E-state index < -0.39 is 0 Å². The molecular weight excluding hydrogens is 685 g/mol. The number of para-hydroxylation sites is 4. The summed E-state index contributed by atoms with van der Waals surface area (Å²) in [5.74, 6) is 0. The van der Waals surface area contributed by atoms with Crippen LogP contribution in [0.1, 0.15) is 0 Å². The van der Waals surface area contributed by atoms with Gasteiger partial charge >= 0.3 is 19.0 Å². The fourth-order valence-electron chi connectivity index (χ4n) is 8.21. The second kappa shape index (κ2) is 13.0. The maximum Gasteiger partial charge on any atom is 0.428 e. The van der Waals surface area contributed by atoms with E-state index in [2.05, 4.69) is 219 Å². The number of hydrogen-bond acceptors (Lipinski definition) is 1. The van der Waals surface area contributed by atoms with Crippen molar-refractivity contribution in [2.24, 2.45) is 0 Å². The third-order valence-electron chi connectivity index (χ3n) is 10.8. The van der Waals surface area contributed by atoms with E-state index in [1.807, 2.05) is 12.1 Å². The average molecular weight is 720 g/mol. The lowest BCUT2D eigenvalue weighted by Gasteiger charge is -2.09. The highest BCUT2D eigenvalue weighted by atomic mass is 16.3. The number of benzene rings is 8. The zero-order valence-corrected chi connectivity index (χ0v) is 30.4. The molecule has 8 aromatic carbocycles. The molecule has 0 saturated carbocycles. The van der Waals surface area contributed by atoms with Crippen molar-refractivity contribution in [2.75, 3.05) is 0 Å². The topological polar surface area (TPSA) is 29.7 Å². The predicted molar refractivity (Wildman–Crippen MR) is 224 cm³/mol. The van der Waals surface area contributed by atoms with Crippen molar-refractivity contribution in [1.82, 2.24) is 4.57 Å². The quantitative estimate of drug-likeness (QED) is 0.157. The Balaban J connectivity index is 1.04. The van der Waals surface area contributed by atoms with E-state index in [1.165, 1.54) is 21.9 Å². The van der Waals surface area contributed by atoms with Gasteiger partial charge in [0.2, 0.25) is 17.1 Å². The first-order valence-corrected chi connectivity index (χ1v) is 18.9. The van der Waals surface area contributed by atoms with E-state index in [-0.39, 0.29) is 0 Å². The van der Waals surface area contributed by atoms with E-state index >= 15 is 0 Å². The normalized spacial score (nSPS) is 11.6. The molecule has 11 aromatic rings. The summed E-state index contributed by atoms with van der Waals surface area (Å²) in [6, 6.07) is 68.5. The number of fused-ring (bicyclic) bond motifs is 6. The van der Waals surface area contributed by atoms with Crippen molar-refractivity contribution >= 4 is 43.7 Å². The van der Waals surface area contributed by atoms with Crippen LogP contribution in [0.2, 0.25) is 0 Å². The van der Waals surface area contributed by atoms with Crippen LogP contribution in [-0.4, -0.2) is 4.57 Å². The molecule has 0 aliphatic heterocycles. The van der Waals surface area contributed by atoms with Crippen molar-refractivity contribution in [3.8, 4) is 45.0 Å². The van der Waals surface area contributed by atoms with Gasteiger partial charge in [0.15, 0.2) is 5.58 Å². The lowest BCUT2D eigenvalue weighted by Crippen LogP contribution is -2.55. The third kappa shape index (κ3) is 5.29. The van der Waals surface area contributed by atoms with Crippen molar-refractivity contribution in [3.05, 3.63) is 213 Å². The summed E-state index contributed by atoms with van der Waals surface area (Å²) < 4.78 is 15.7. The smallest absolute Gasteiger partial charge is 0.428 e.